The first-order chi connectivity index (χ1) is 9.15. The summed E-state index contributed by atoms with van der Waals surface area (Å²) < 4.78 is 5.56. The van der Waals surface area contributed by atoms with E-state index in [0.29, 0.717) is 24.5 Å². The topological polar surface area (TPSA) is 63.0 Å². The highest BCUT2D eigenvalue weighted by molar-refractivity contribution is 5.17. The zero-order chi connectivity index (χ0) is 13.7. The van der Waals surface area contributed by atoms with Gasteiger partial charge in [-0.15, -0.1) is 5.10 Å². The highest BCUT2D eigenvalue weighted by Crippen LogP contribution is 2.29. The fourth-order valence-corrected chi connectivity index (χ4v) is 2.60. The number of hydrogen-bond acceptors (Lipinski definition) is 5. The molecule has 1 aromatic rings. The SMILES string of the molecule is CC(C)NCc1nnc(NCC2CCCCC2C)o1. The minimum Gasteiger partial charge on any atom is -0.407 e. The molecule has 2 rings (SSSR count). The van der Waals surface area contributed by atoms with E-state index < -0.39 is 0 Å². The molecule has 0 aromatic carbocycles. The van der Waals surface area contributed by atoms with Crippen molar-refractivity contribution in [2.75, 3.05) is 11.9 Å². The van der Waals surface area contributed by atoms with Crippen molar-refractivity contribution in [3.05, 3.63) is 5.89 Å². The molecule has 108 valence electrons. The molecule has 1 fully saturated rings. The van der Waals surface area contributed by atoms with Crippen LogP contribution in [0.4, 0.5) is 6.01 Å². The summed E-state index contributed by atoms with van der Waals surface area (Å²) in [4.78, 5) is 0. The second-order valence-electron chi connectivity index (χ2n) is 5.94. The predicted octanol–water partition coefficient (Wildman–Crippen LogP) is 2.81. The van der Waals surface area contributed by atoms with Gasteiger partial charge in [-0.25, -0.2) is 0 Å². The molecule has 1 aliphatic rings. The zero-order valence-corrected chi connectivity index (χ0v) is 12.3. The molecule has 0 radical (unpaired) electrons. The average molecular weight is 266 g/mol. The molecule has 0 spiro atoms. The third-order valence-electron chi connectivity index (χ3n) is 3.93. The summed E-state index contributed by atoms with van der Waals surface area (Å²) in [6.07, 6.45) is 5.39. The van der Waals surface area contributed by atoms with Crippen molar-refractivity contribution in [1.82, 2.24) is 15.5 Å². The molecule has 1 saturated carbocycles. The maximum absolute atomic E-state index is 5.56. The lowest BCUT2D eigenvalue weighted by molar-refractivity contribution is 0.267. The summed E-state index contributed by atoms with van der Waals surface area (Å²) in [6, 6.07) is 0.977. The smallest absolute Gasteiger partial charge is 0.315 e. The molecule has 1 aromatic heterocycles. The normalized spacial score (nSPS) is 23.8. The van der Waals surface area contributed by atoms with Crippen LogP contribution in [0.5, 0.6) is 0 Å². The fraction of sp³-hybridized carbons (Fsp3) is 0.857. The van der Waals surface area contributed by atoms with Crippen molar-refractivity contribution in [1.29, 1.82) is 0 Å². The lowest BCUT2D eigenvalue weighted by atomic mass is 9.80. The lowest BCUT2D eigenvalue weighted by Gasteiger charge is -2.28. The van der Waals surface area contributed by atoms with E-state index in [-0.39, 0.29) is 0 Å². The Balaban J connectivity index is 1.76. The summed E-state index contributed by atoms with van der Waals surface area (Å²) >= 11 is 0. The second kappa shape index (κ2) is 6.89. The van der Waals surface area contributed by atoms with Gasteiger partial charge in [0.25, 0.3) is 0 Å². The third-order valence-corrected chi connectivity index (χ3v) is 3.93. The maximum atomic E-state index is 5.56. The molecule has 1 aliphatic carbocycles. The van der Waals surface area contributed by atoms with Crippen LogP contribution in [-0.4, -0.2) is 22.8 Å². The molecule has 0 bridgehead atoms. The van der Waals surface area contributed by atoms with Crippen molar-refractivity contribution in [2.45, 2.75) is 59.0 Å². The first-order valence-corrected chi connectivity index (χ1v) is 7.44. The number of nitrogens with one attached hydrogen (secondary N) is 2. The molecule has 0 amide bonds. The molecule has 5 heteroatoms. The quantitative estimate of drug-likeness (QED) is 0.829. The van der Waals surface area contributed by atoms with Crippen LogP contribution in [0.2, 0.25) is 0 Å². The van der Waals surface area contributed by atoms with Crippen LogP contribution in [-0.2, 0) is 6.54 Å². The summed E-state index contributed by atoms with van der Waals surface area (Å²) in [5.74, 6) is 2.18. The van der Waals surface area contributed by atoms with Gasteiger partial charge in [-0.3, -0.25) is 0 Å². The fourth-order valence-electron chi connectivity index (χ4n) is 2.60. The van der Waals surface area contributed by atoms with Crippen molar-refractivity contribution in [2.24, 2.45) is 11.8 Å². The van der Waals surface area contributed by atoms with E-state index in [2.05, 4.69) is 41.6 Å². The van der Waals surface area contributed by atoms with E-state index in [0.717, 1.165) is 18.4 Å². The van der Waals surface area contributed by atoms with Crippen LogP contribution in [0.3, 0.4) is 0 Å². The van der Waals surface area contributed by atoms with Crippen LogP contribution in [0.15, 0.2) is 4.42 Å². The Morgan fingerprint density at radius 3 is 2.79 bits per heavy atom. The van der Waals surface area contributed by atoms with Gasteiger partial charge in [0.1, 0.15) is 0 Å². The van der Waals surface area contributed by atoms with E-state index >= 15 is 0 Å². The van der Waals surface area contributed by atoms with Gasteiger partial charge >= 0.3 is 6.01 Å². The first kappa shape index (κ1) is 14.3. The third kappa shape index (κ3) is 4.49. The van der Waals surface area contributed by atoms with E-state index in [1.165, 1.54) is 25.7 Å². The van der Waals surface area contributed by atoms with Crippen molar-refractivity contribution in [3.63, 3.8) is 0 Å². The van der Waals surface area contributed by atoms with Gasteiger partial charge < -0.3 is 15.1 Å². The Kier molecular flexibility index (Phi) is 5.19. The van der Waals surface area contributed by atoms with Crippen LogP contribution < -0.4 is 10.6 Å². The first-order valence-electron chi connectivity index (χ1n) is 7.44. The lowest BCUT2D eigenvalue weighted by Crippen LogP contribution is -2.24. The van der Waals surface area contributed by atoms with Crippen LogP contribution in [0.25, 0.3) is 0 Å². The van der Waals surface area contributed by atoms with Crippen molar-refractivity contribution >= 4 is 6.01 Å². The molecule has 2 unspecified atom stereocenters. The Hall–Kier alpha value is -1.10. The van der Waals surface area contributed by atoms with Crippen LogP contribution in [0.1, 0.15) is 52.3 Å². The van der Waals surface area contributed by atoms with Gasteiger partial charge in [-0.05, 0) is 18.3 Å². The molecule has 2 N–H and O–H groups in total. The van der Waals surface area contributed by atoms with Gasteiger partial charge in [0, 0.05) is 12.6 Å². The summed E-state index contributed by atoms with van der Waals surface area (Å²) in [7, 11) is 0. The monoisotopic (exact) mass is 266 g/mol. The van der Waals surface area contributed by atoms with E-state index in [4.69, 9.17) is 4.42 Å². The summed E-state index contributed by atoms with van der Waals surface area (Å²) in [5, 5.41) is 14.6. The number of anilines is 1. The average Bonchev–Trinajstić information content (AvgIpc) is 2.83. The molecule has 1 heterocycles. The van der Waals surface area contributed by atoms with Crippen LogP contribution >= 0.6 is 0 Å². The molecule has 19 heavy (non-hydrogen) atoms. The molecular formula is C14H26N4O. The minimum absolute atomic E-state index is 0.423. The standard InChI is InChI=1S/C14H26N4O/c1-10(2)15-9-13-17-18-14(19-13)16-8-12-7-5-4-6-11(12)3/h10-12,15H,4-9H2,1-3H3,(H,16,18). The number of nitrogens with zero attached hydrogens (tertiary/aromatic N) is 2. The zero-order valence-electron chi connectivity index (χ0n) is 12.3. The number of aromatic nitrogens is 2. The van der Waals surface area contributed by atoms with Gasteiger partial charge in [0.05, 0.1) is 6.54 Å². The van der Waals surface area contributed by atoms with E-state index in [1.54, 1.807) is 0 Å². The Labute approximate surface area is 115 Å². The summed E-state index contributed by atoms with van der Waals surface area (Å²) in [6.45, 7) is 8.11. The largest absolute Gasteiger partial charge is 0.407 e. The van der Waals surface area contributed by atoms with Gasteiger partial charge in [-0.2, -0.15) is 0 Å². The Morgan fingerprint density at radius 1 is 1.26 bits per heavy atom. The molecule has 0 aliphatic heterocycles. The van der Waals surface area contributed by atoms with Gasteiger partial charge in [0.15, 0.2) is 0 Å². The van der Waals surface area contributed by atoms with Gasteiger partial charge in [-0.1, -0.05) is 45.1 Å². The van der Waals surface area contributed by atoms with Gasteiger partial charge in [0.2, 0.25) is 5.89 Å². The Bertz CT molecular complexity index is 377. The molecule has 5 nitrogen and oxygen atoms in total. The molecule has 2 atom stereocenters. The summed E-state index contributed by atoms with van der Waals surface area (Å²) in [5.41, 5.74) is 0. The highest BCUT2D eigenvalue weighted by Gasteiger charge is 2.21. The maximum Gasteiger partial charge on any atom is 0.315 e. The number of hydrogen-bond donors (Lipinski definition) is 2. The second-order valence-corrected chi connectivity index (χ2v) is 5.94. The van der Waals surface area contributed by atoms with Crippen molar-refractivity contribution < 1.29 is 4.42 Å². The predicted molar refractivity (Wildman–Crippen MR) is 75.9 cm³/mol. The minimum atomic E-state index is 0.423. The van der Waals surface area contributed by atoms with Crippen LogP contribution in [0, 0.1) is 11.8 Å². The molecular weight excluding hydrogens is 240 g/mol. The molecule has 0 saturated heterocycles. The van der Waals surface area contributed by atoms with E-state index in [1.807, 2.05) is 0 Å². The van der Waals surface area contributed by atoms with E-state index in [9.17, 15) is 0 Å². The number of rotatable bonds is 6. The van der Waals surface area contributed by atoms with Crippen molar-refractivity contribution in [3.8, 4) is 0 Å². The highest BCUT2D eigenvalue weighted by atomic mass is 16.4. The Morgan fingerprint density at radius 2 is 2.05 bits per heavy atom.